The van der Waals surface area contributed by atoms with Crippen molar-refractivity contribution in [3.63, 3.8) is 0 Å². The Morgan fingerprint density at radius 2 is 1.97 bits per heavy atom. The Labute approximate surface area is 188 Å². The molecule has 2 heterocycles. The maximum Gasteiger partial charge on any atom is 0.146 e. The summed E-state index contributed by atoms with van der Waals surface area (Å²) in [6, 6.07) is 0.0450. The minimum atomic E-state index is -1.29. The van der Waals surface area contributed by atoms with Crippen LogP contribution in [0.2, 0.25) is 0 Å². The fourth-order valence-electron chi connectivity index (χ4n) is 3.26. The van der Waals surface area contributed by atoms with E-state index in [9.17, 15) is 9.11 Å². The topological polar surface area (TPSA) is 89.0 Å². The molecular formula is C22H38N2O4S2. The van der Waals surface area contributed by atoms with Gasteiger partial charge in [-0.1, -0.05) is 11.3 Å². The molecule has 172 valence electrons. The summed E-state index contributed by atoms with van der Waals surface area (Å²) in [6.07, 6.45) is 12.4. The van der Waals surface area contributed by atoms with Crippen LogP contribution in [0.1, 0.15) is 80.1 Å². The molecular weight excluding hydrogens is 420 g/mol. The highest BCUT2D eigenvalue weighted by molar-refractivity contribution is 7.91. The van der Waals surface area contributed by atoms with Gasteiger partial charge < -0.3 is 18.6 Å². The first-order valence-electron chi connectivity index (χ1n) is 10.8. The van der Waals surface area contributed by atoms with Crippen molar-refractivity contribution in [2.45, 2.75) is 108 Å². The lowest BCUT2D eigenvalue weighted by molar-refractivity contribution is 0.0918. The van der Waals surface area contributed by atoms with Gasteiger partial charge in [0.25, 0.3) is 0 Å². The second-order valence-electron chi connectivity index (χ2n) is 9.48. The van der Waals surface area contributed by atoms with Gasteiger partial charge in [0.2, 0.25) is 0 Å². The zero-order valence-corrected chi connectivity index (χ0v) is 20.8. The van der Waals surface area contributed by atoms with Crippen LogP contribution in [0.25, 0.3) is 0 Å². The molecule has 6 nitrogen and oxygen atoms in total. The predicted molar refractivity (Wildman–Crippen MR) is 126 cm³/mol. The molecule has 0 aromatic carbocycles. The van der Waals surface area contributed by atoms with Gasteiger partial charge in [0.1, 0.15) is 33.1 Å². The molecule has 0 radical (unpaired) electrons. The molecule has 30 heavy (non-hydrogen) atoms. The van der Waals surface area contributed by atoms with Crippen LogP contribution in [0.4, 0.5) is 0 Å². The smallest absolute Gasteiger partial charge is 0.146 e. The van der Waals surface area contributed by atoms with E-state index in [0.717, 1.165) is 37.9 Å². The van der Waals surface area contributed by atoms with Crippen molar-refractivity contribution in [2.24, 2.45) is 4.40 Å². The van der Waals surface area contributed by atoms with Gasteiger partial charge in [0, 0.05) is 11.4 Å². The van der Waals surface area contributed by atoms with E-state index in [-0.39, 0.29) is 23.0 Å². The van der Waals surface area contributed by atoms with Crippen molar-refractivity contribution < 1.29 is 18.6 Å². The average Bonchev–Trinajstić information content (AvgIpc) is 2.69. The summed E-state index contributed by atoms with van der Waals surface area (Å²) in [7, 11) is 0. The quantitative estimate of drug-likeness (QED) is 0.407. The zero-order chi connectivity index (χ0) is 22.4. The Bertz CT molecular complexity index is 631. The van der Waals surface area contributed by atoms with Crippen LogP contribution >= 0.6 is 0 Å². The van der Waals surface area contributed by atoms with Gasteiger partial charge in [-0.15, -0.1) is 4.72 Å². The van der Waals surface area contributed by atoms with Crippen molar-refractivity contribution in [2.75, 3.05) is 0 Å². The molecule has 0 aromatic rings. The van der Waals surface area contributed by atoms with Crippen molar-refractivity contribution in [1.82, 2.24) is 4.72 Å². The average molecular weight is 459 g/mol. The predicted octanol–water partition coefficient (Wildman–Crippen LogP) is 4.48. The largest absolute Gasteiger partial charge is 0.598 e. The molecule has 2 rings (SSSR count). The first-order valence-corrected chi connectivity index (χ1v) is 13.1. The van der Waals surface area contributed by atoms with Crippen molar-refractivity contribution in [3.8, 4) is 0 Å². The number of ether oxygens (including phenoxy) is 2. The summed E-state index contributed by atoms with van der Waals surface area (Å²) < 4.78 is 43.7. The Morgan fingerprint density at radius 1 is 1.23 bits per heavy atom. The molecule has 0 bridgehead atoms. The second-order valence-corrected chi connectivity index (χ2v) is 13.3. The van der Waals surface area contributed by atoms with E-state index in [1.165, 1.54) is 0 Å². The zero-order valence-electron chi connectivity index (χ0n) is 19.2. The van der Waals surface area contributed by atoms with Gasteiger partial charge in [-0.2, -0.15) is 0 Å². The molecule has 1 N–H and O–H groups in total. The summed E-state index contributed by atoms with van der Waals surface area (Å²) in [6.45, 7) is 11.8. The molecule has 2 aliphatic heterocycles. The van der Waals surface area contributed by atoms with E-state index < -0.39 is 27.5 Å². The SMILES string of the molecule is CC[C@H](N[S@@+]([O-])C(C)(C)CC1=CCC[C@@H](/C=N/[S@@+]([O-])C(C)(C)C)O1)[C@@H]1CCC=CO1. The van der Waals surface area contributed by atoms with Crippen molar-refractivity contribution in [1.29, 1.82) is 0 Å². The molecule has 0 amide bonds. The van der Waals surface area contributed by atoms with E-state index in [1.54, 1.807) is 12.5 Å². The van der Waals surface area contributed by atoms with Crippen LogP contribution in [0, 0.1) is 0 Å². The van der Waals surface area contributed by atoms with E-state index in [2.05, 4.69) is 22.1 Å². The number of hydrogen-bond acceptors (Lipinski definition) is 6. The third-order valence-corrected chi connectivity index (χ3v) is 8.21. The molecule has 0 unspecified atom stereocenters. The monoisotopic (exact) mass is 458 g/mol. The Hall–Kier alpha value is -0.670. The van der Waals surface area contributed by atoms with Crippen LogP contribution in [0.5, 0.6) is 0 Å². The summed E-state index contributed by atoms with van der Waals surface area (Å²) in [5, 5.41) is 0. The molecule has 0 saturated carbocycles. The van der Waals surface area contributed by atoms with Crippen LogP contribution < -0.4 is 4.72 Å². The lowest BCUT2D eigenvalue weighted by Gasteiger charge is -2.35. The first kappa shape index (κ1) is 25.6. The molecule has 0 spiro atoms. The van der Waals surface area contributed by atoms with Crippen molar-refractivity contribution >= 4 is 28.9 Å². The van der Waals surface area contributed by atoms with Crippen LogP contribution in [-0.2, 0) is 32.2 Å². The van der Waals surface area contributed by atoms with Crippen LogP contribution in [0.15, 0.2) is 28.6 Å². The van der Waals surface area contributed by atoms with E-state index >= 15 is 0 Å². The standard InChI is InChI=1S/C22H38N2O4S2/c1-7-19(20-13-8-9-14-27-20)24-30(26)22(5,6)15-17-11-10-12-18(28-17)16-23-29(25)21(2,3)4/h9,11,14,16,18-20,24H,7-8,10,12-13,15H2,1-6H3/b23-16+/t18-,19-,20-,29-,30-/m0/s1. The third-order valence-electron chi connectivity index (χ3n) is 5.19. The Morgan fingerprint density at radius 3 is 2.57 bits per heavy atom. The number of rotatable bonds is 9. The molecule has 0 aromatic heterocycles. The number of nitrogens with one attached hydrogen (secondary N) is 1. The van der Waals surface area contributed by atoms with Gasteiger partial charge in [0.05, 0.1) is 30.7 Å². The summed E-state index contributed by atoms with van der Waals surface area (Å²) in [5.74, 6) is 0.823. The lowest BCUT2D eigenvalue weighted by Crippen LogP contribution is -2.51. The number of nitrogens with zero attached hydrogens (tertiary/aromatic N) is 1. The fraction of sp³-hybridized carbons (Fsp3) is 0.773. The highest BCUT2D eigenvalue weighted by Crippen LogP contribution is 2.30. The van der Waals surface area contributed by atoms with Gasteiger partial charge in [0.15, 0.2) is 0 Å². The second kappa shape index (κ2) is 11.3. The van der Waals surface area contributed by atoms with E-state index in [1.807, 2.05) is 40.7 Å². The first-order chi connectivity index (χ1) is 14.0. The molecule has 2 aliphatic rings. The highest BCUT2D eigenvalue weighted by atomic mass is 32.2. The van der Waals surface area contributed by atoms with Gasteiger partial charge in [-0.05, 0) is 78.9 Å². The van der Waals surface area contributed by atoms with Gasteiger partial charge in [-0.25, -0.2) is 0 Å². The maximum atomic E-state index is 13.1. The Balaban J connectivity index is 1.92. The van der Waals surface area contributed by atoms with Gasteiger partial charge >= 0.3 is 0 Å². The van der Waals surface area contributed by atoms with Crippen molar-refractivity contribution in [3.05, 3.63) is 24.2 Å². The fourth-order valence-corrected chi connectivity index (χ4v) is 5.01. The molecule has 0 saturated heterocycles. The Kier molecular flexibility index (Phi) is 9.61. The minimum absolute atomic E-state index is 0.0450. The molecule has 5 atom stereocenters. The maximum absolute atomic E-state index is 13.1. The number of allylic oxidation sites excluding steroid dienone is 3. The molecule has 8 heteroatoms. The minimum Gasteiger partial charge on any atom is -0.598 e. The van der Waals surface area contributed by atoms with Crippen LogP contribution in [0.3, 0.4) is 0 Å². The van der Waals surface area contributed by atoms with Crippen LogP contribution in [-0.4, -0.2) is 43.1 Å². The normalized spacial score (nSPS) is 25.9. The highest BCUT2D eigenvalue weighted by Gasteiger charge is 2.38. The number of hydrogen-bond donors (Lipinski definition) is 1. The summed E-state index contributed by atoms with van der Waals surface area (Å²) in [5.41, 5.74) is 0. The van der Waals surface area contributed by atoms with Gasteiger partial charge in [-0.3, -0.25) is 0 Å². The van der Waals surface area contributed by atoms with E-state index in [4.69, 9.17) is 9.47 Å². The summed E-state index contributed by atoms with van der Waals surface area (Å²) >= 11 is -2.55. The summed E-state index contributed by atoms with van der Waals surface area (Å²) in [4.78, 5) is 0. The van der Waals surface area contributed by atoms with E-state index in [0.29, 0.717) is 6.42 Å². The lowest BCUT2D eigenvalue weighted by atomic mass is 10.0. The molecule has 0 fully saturated rings. The third kappa shape index (κ3) is 7.79. The molecule has 0 aliphatic carbocycles.